The van der Waals surface area contributed by atoms with E-state index in [-0.39, 0.29) is 0 Å². The summed E-state index contributed by atoms with van der Waals surface area (Å²) in [6.07, 6.45) is 4.77. The van der Waals surface area contributed by atoms with E-state index < -0.39 is 0 Å². The van der Waals surface area contributed by atoms with Gasteiger partial charge in [-0.25, -0.2) is 9.97 Å². The Bertz CT molecular complexity index is 748. The molecule has 4 nitrogen and oxygen atoms in total. The van der Waals surface area contributed by atoms with Crippen LogP contribution >= 0.6 is 11.6 Å². The van der Waals surface area contributed by atoms with Gasteiger partial charge in [0.2, 0.25) is 0 Å². The predicted octanol–water partition coefficient (Wildman–Crippen LogP) is 5.68. The van der Waals surface area contributed by atoms with Crippen LogP contribution in [0.1, 0.15) is 50.1 Å². The monoisotopic (exact) mass is 372 g/mol. The summed E-state index contributed by atoms with van der Waals surface area (Å²) in [5.74, 6) is 3.42. The summed E-state index contributed by atoms with van der Waals surface area (Å²) in [5, 5.41) is 4.17. The number of aromatic nitrogens is 2. The highest BCUT2D eigenvalue weighted by Crippen LogP contribution is 2.33. The number of nitrogens with one attached hydrogen (secondary N) is 1. The molecule has 0 spiro atoms. The van der Waals surface area contributed by atoms with Crippen LogP contribution in [0.3, 0.4) is 0 Å². The van der Waals surface area contributed by atoms with Crippen molar-refractivity contribution in [3.63, 3.8) is 0 Å². The minimum absolute atomic E-state index is 0.739. The summed E-state index contributed by atoms with van der Waals surface area (Å²) in [7, 11) is 0. The fourth-order valence-corrected chi connectivity index (χ4v) is 3.60. The normalized spacial score (nSPS) is 13.7. The summed E-state index contributed by atoms with van der Waals surface area (Å²) < 4.78 is 0. The second-order valence-corrected chi connectivity index (χ2v) is 7.70. The van der Waals surface area contributed by atoms with E-state index in [2.05, 4.69) is 53.1 Å². The maximum atomic E-state index is 6.52. The van der Waals surface area contributed by atoms with Crippen LogP contribution in [0.25, 0.3) is 0 Å². The van der Waals surface area contributed by atoms with Gasteiger partial charge in [-0.2, -0.15) is 0 Å². The Morgan fingerprint density at radius 2 is 1.92 bits per heavy atom. The Hall–Kier alpha value is -1.81. The van der Waals surface area contributed by atoms with Crippen LogP contribution in [0.15, 0.2) is 18.2 Å². The number of nitrogens with zero attached hydrogens (tertiary/aromatic N) is 3. The van der Waals surface area contributed by atoms with Gasteiger partial charge in [0.25, 0.3) is 0 Å². The lowest BCUT2D eigenvalue weighted by atomic mass is 10.1. The number of aryl methyl sites for hydroxylation is 3. The van der Waals surface area contributed by atoms with Crippen LogP contribution in [-0.4, -0.2) is 23.1 Å². The topological polar surface area (TPSA) is 41.0 Å². The zero-order valence-corrected chi connectivity index (χ0v) is 17.0. The molecule has 1 aliphatic rings. The molecule has 26 heavy (non-hydrogen) atoms. The van der Waals surface area contributed by atoms with E-state index in [9.17, 15) is 0 Å². The molecule has 1 aromatic heterocycles. The van der Waals surface area contributed by atoms with E-state index in [1.807, 2.05) is 13.0 Å². The number of hydrogen-bond acceptors (Lipinski definition) is 4. The zero-order chi connectivity index (χ0) is 18.7. The molecule has 3 rings (SSSR count). The molecule has 5 heteroatoms. The molecule has 0 bridgehead atoms. The quantitative estimate of drug-likeness (QED) is 0.647. The second-order valence-electron chi connectivity index (χ2n) is 7.30. The van der Waals surface area contributed by atoms with Crippen molar-refractivity contribution in [3.8, 4) is 0 Å². The van der Waals surface area contributed by atoms with E-state index in [1.54, 1.807) is 0 Å². The van der Waals surface area contributed by atoms with Gasteiger partial charge < -0.3 is 10.2 Å². The molecule has 1 N–H and O–H groups in total. The number of benzene rings is 1. The standard InChI is InChI=1S/C21H29ClN4/c1-5-9-26(13-17-7-8-17)20-12-19(23-15(4)24-20)25-21-14(3)10-16(6-2)11-18(21)22/h10-12,17H,5-9,13H2,1-4H3,(H,23,24,25). The molecule has 1 fully saturated rings. The molecule has 0 atom stereocenters. The number of hydrogen-bond donors (Lipinski definition) is 1. The molecular formula is C21H29ClN4. The highest BCUT2D eigenvalue weighted by atomic mass is 35.5. The molecule has 2 aromatic rings. The number of halogens is 1. The lowest BCUT2D eigenvalue weighted by Gasteiger charge is -2.24. The minimum atomic E-state index is 0.739. The molecular weight excluding hydrogens is 344 g/mol. The zero-order valence-electron chi connectivity index (χ0n) is 16.3. The Morgan fingerprint density at radius 1 is 1.15 bits per heavy atom. The highest BCUT2D eigenvalue weighted by Gasteiger charge is 2.25. The third-order valence-electron chi connectivity index (χ3n) is 4.83. The average Bonchev–Trinajstić information content (AvgIpc) is 3.41. The van der Waals surface area contributed by atoms with Crippen molar-refractivity contribution in [3.05, 3.63) is 40.2 Å². The maximum Gasteiger partial charge on any atom is 0.136 e. The van der Waals surface area contributed by atoms with Gasteiger partial charge in [-0.3, -0.25) is 0 Å². The molecule has 1 heterocycles. The Labute approximate surface area is 162 Å². The van der Waals surface area contributed by atoms with Crippen molar-refractivity contribution < 1.29 is 0 Å². The van der Waals surface area contributed by atoms with Crippen molar-refractivity contribution in [2.24, 2.45) is 5.92 Å². The smallest absolute Gasteiger partial charge is 0.136 e. The van der Waals surface area contributed by atoms with Crippen LogP contribution in [0.4, 0.5) is 17.3 Å². The van der Waals surface area contributed by atoms with Crippen LogP contribution < -0.4 is 10.2 Å². The SMILES string of the molecule is CCCN(CC1CC1)c1cc(Nc2c(C)cc(CC)cc2Cl)nc(C)n1. The van der Waals surface area contributed by atoms with E-state index in [1.165, 1.54) is 18.4 Å². The van der Waals surface area contributed by atoms with Gasteiger partial charge >= 0.3 is 0 Å². The van der Waals surface area contributed by atoms with E-state index >= 15 is 0 Å². The Balaban J connectivity index is 1.87. The molecule has 0 radical (unpaired) electrons. The first-order valence-electron chi connectivity index (χ1n) is 9.66. The van der Waals surface area contributed by atoms with Gasteiger partial charge in [0, 0.05) is 19.2 Å². The molecule has 0 saturated heterocycles. The predicted molar refractivity (Wildman–Crippen MR) is 111 cm³/mol. The summed E-state index contributed by atoms with van der Waals surface area (Å²) in [6, 6.07) is 6.26. The van der Waals surface area contributed by atoms with Crippen LogP contribution in [0, 0.1) is 19.8 Å². The summed E-state index contributed by atoms with van der Waals surface area (Å²) in [5.41, 5.74) is 3.31. The fraction of sp³-hybridized carbons (Fsp3) is 0.524. The Morgan fingerprint density at radius 3 is 2.54 bits per heavy atom. The number of anilines is 3. The van der Waals surface area contributed by atoms with Crippen molar-refractivity contribution >= 4 is 28.9 Å². The first kappa shape index (κ1) is 19.0. The molecule has 1 saturated carbocycles. The van der Waals surface area contributed by atoms with Crippen molar-refractivity contribution in [1.29, 1.82) is 0 Å². The molecule has 1 aromatic carbocycles. The number of rotatable bonds is 8. The lowest BCUT2D eigenvalue weighted by molar-refractivity contribution is 0.696. The van der Waals surface area contributed by atoms with Crippen molar-refractivity contribution in [2.45, 2.75) is 53.4 Å². The van der Waals surface area contributed by atoms with Gasteiger partial charge in [-0.1, -0.05) is 31.5 Å². The van der Waals surface area contributed by atoms with E-state index in [4.69, 9.17) is 11.6 Å². The highest BCUT2D eigenvalue weighted by molar-refractivity contribution is 6.33. The van der Waals surface area contributed by atoms with Crippen molar-refractivity contribution in [1.82, 2.24) is 9.97 Å². The average molecular weight is 373 g/mol. The van der Waals surface area contributed by atoms with Gasteiger partial charge in [0.05, 0.1) is 10.7 Å². The van der Waals surface area contributed by atoms with Gasteiger partial charge in [-0.15, -0.1) is 0 Å². The van der Waals surface area contributed by atoms with Gasteiger partial charge in [0.15, 0.2) is 0 Å². The molecule has 0 amide bonds. The van der Waals surface area contributed by atoms with Crippen LogP contribution in [0.2, 0.25) is 5.02 Å². The molecule has 0 unspecified atom stereocenters. The largest absolute Gasteiger partial charge is 0.356 e. The van der Waals surface area contributed by atoms with Gasteiger partial charge in [0.1, 0.15) is 17.5 Å². The molecule has 1 aliphatic carbocycles. The lowest BCUT2D eigenvalue weighted by Crippen LogP contribution is -2.27. The minimum Gasteiger partial charge on any atom is -0.356 e. The maximum absolute atomic E-state index is 6.52. The second kappa shape index (κ2) is 8.26. The Kier molecular flexibility index (Phi) is 6.02. The van der Waals surface area contributed by atoms with Gasteiger partial charge in [-0.05, 0) is 62.6 Å². The first-order valence-corrected chi connectivity index (χ1v) is 10.0. The van der Waals surface area contributed by atoms with E-state index in [0.717, 1.165) is 65.6 Å². The molecule has 140 valence electrons. The summed E-state index contributed by atoms with van der Waals surface area (Å²) in [6.45, 7) is 10.5. The first-order chi connectivity index (χ1) is 12.5. The third-order valence-corrected chi connectivity index (χ3v) is 5.12. The third kappa shape index (κ3) is 4.67. The molecule has 0 aliphatic heterocycles. The summed E-state index contributed by atoms with van der Waals surface area (Å²) >= 11 is 6.52. The summed E-state index contributed by atoms with van der Waals surface area (Å²) in [4.78, 5) is 11.7. The van der Waals surface area contributed by atoms with Crippen LogP contribution in [0.5, 0.6) is 0 Å². The van der Waals surface area contributed by atoms with E-state index in [0.29, 0.717) is 0 Å². The van der Waals surface area contributed by atoms with Crippen LogP contribution in [-0.2, 0) is 6.42 Å². The fourth-order valence-electron chi connectivity index (χ4n) is 3.27. The van der Waals surface area contributed by atoms with Crippen molar-refractivity contribution in [2.75, 3.05) is 23.3 Å².